The molecule has 0 radical (unpaired) electrons. The number of rotatable bonds is 6. The first-order valence-electron chi connectivity index (χ1n) is 6.12. The Bertz CT molecular complexity index is 515. The van der Waals surface area contributed by atoms with E-state index in [9.17, 15) is 0 Å². The van der Waals surface area contributed by atoms with Crippen LogP contribution >= 0.6 is 11.3 Å². The molecule has 2 aromatic heterocycles. The van der Waals surface area contributed by atoms with E-state index in [1.165, 1.54) is 0 Å². The van der Waals surface area contributed by atoms with Crippen LogP contribution in [0.4, 0.5) is 5.82 Å². The number of aryl methyl sites for hydroxylation is 1. The molecule has 0 aliphatic carbocycles. The molecule has 5 nitrogen and oxygen atoms in total. The van der Waals surface area contributed by atoms with Crippen molar-refractivity contribution in [2.24, 2.45) is 0 Å². The van der Waals surface area contributed by atoms with Crippen LogP contribution in [0.25, 0.3) is 0 Å². The highest BCUT2D eigenvalue weighted by Crippen LogP contribution is 2.13. The van der Waals surface area contributed by atoms with Gasteiger partial charge in [0.2, 0.25) is 0 Å². The Morgan fingerprint density at radius 2 is 2.21 bits per heavy atom. The normalized spacial score (nSPS) is 10.7. The molecule has 0 bridgehead atoms. The van der Waals surface area contributed by atoms with E-state index in [2.05, 4.69) is 19.9 Å². The van der Waals surface area contributed by atoms with Crippen LogP contribution in [0.2, 0.25) is 0 Å². The molecule has 6 heteroatoms. The van der Waals surface area contributed by atoms with Crippen molar-refractivity contribution in [2.75, 3.05) is 25.6 Å². The molecular weight excluding hydrogens is 260 g/mol. The predicted octanol–water partition coefficient (Wildman–Crippen LogP) is 2.07. The molecule has 0 aliphatic rings. The third kappa shape index (κ3) is 3.97. The van der Waals surface area contributed by atoms with Gasteiger partial charge in [0.05, 0.1) is 5.01 Å². The highest BCUT2D eigenvalue weighted by Gasteiger charge is 2.07. The van der Waals surface area contributed by atoms with Gasteiger partial charge in [-0.25, -0.2) is 15.0 Å². The fourth-order valence-corrected chi connectivity index (χ4v) is 2.37. The Morgan fingerprint density at radius 1 is 1.37 bits per heavy atom. The lowest BCUT2D eigenvalue weighted by Gasteiger charge is -2.18. The van der Waals surface area contributed by atoms with Crippen molar-refractivity contribution >= 4 is 17.2 Å². The zero-order chi connectivity index (χ0) is 13.7. The first kappa shape index (κ1) is 13.9. The second-order valence-electron chi connectivity index (χ2n) is 4.31. The summed E-state index contributed by atoms with van der Waals surface area (Å²) in [6.45, 7) is 3.30. The van der Waals surface area contributed by atoms with Crippen LogP contribution in [-0.4, -0.2) is 35.7 Å². The van der Waals surface area contributed by atoms with Gasteiger partial charge in [0.25, 0.3) is 0 Å². The SMILES string of the molecule is COCc1nc(C)cc(N(C)CCc2nccs2)n1. The Labute approximate surface area is 117 Å². The minimum absolute atomic E-state index is 0.439. The zero-order valence-corrected chi connectivity index (χ0v) is 12.3. The quantitative estimate of drug-likeness (QED) is 0.809. The molecule has 0 saturated carbocycles. The summed E-state index contributed by atoms with van der Waals surface area (Å²) < 4.78 is 5.08. The van der Waals surface area contributed by atoms with Gasteiger partial charge in [-0.05, 0) is 6.92 Å². The highest BCUT2D eigenvalue weighted by molar-refractivity contribution is 7.09. The number of hydrogen-bond donors (Lipinski definition) is 0. The summed E-state index contributed by atoms with van der Waals surface area (Å²) >= 11 is 1.68. The number of likely N-dealkylation sites (N-methyl/N-ethyl adjacent to an activating group) is 1. The van der Waals surface area contributed by atoms with Crippen molar-refractivity contribution in [2.45, 2.75) is 20.0 Å². The lowest BCUT2D eigenvalue weighted by atomic mass is 10.3. The molecule has 19 heavy (non-hydrogen) atoms. The molecular formula is C13H18N4OS. The fourth-order valence-electron chi connectivity index (χ4n) is 1.76. The average Bonchev–Trinajstić information content (AvgIpc) is 2.88. The topological polar surface area (TPSA) is 51.1 Å². The maximum atomic E-state index is 5.08. The fraction of sp³-hybridized carbons (Fsp3) is 0.462. The van der Waals surface area contributed by atoms with Crippen molar-refractivity contribution in [1.82, 2.24) is 15.0 Å². The molecule has 0 amide bonds. The summed E-state index contributed by atoms with van der Waals surface area (Å²) in [4.78, 5) is 15.2. The van der Waals surface area contributed by atoms with E-state index in [-0.39, 0.29) is 0 Å². The van der Waals surface area contributed by atoms with Crippen LogP contribution in [0.3, 0.4) is 0 Å². The van der Waals surface area contributed by atoms with Gasteiger partial charge in [0, 0.05) is 50.5 Å². The largest absolute Gasteiger partial charge is 0.377 e. The van der Waals surface area contributed by atoms with Gasteiger partial charge in [0.1, 0.15) is 12.4 Å². The van der Waals surface area contributed by atoms with E-state index in [1.54, 1.807) is 18.4 Å². The number of nitrogens with zero attached hydrogens (tertiary/aromatic N) is 4. The van der Waals surface area contributed by atoms with Gasteiger partial charge in [-0.1, -0.05) is 0 Å². The second-order valence-corrected chi connectivity index (χ2v) is 5.29. The molecule has 2 rings (SSSR count). The van der Waals surface area contributed by atoms with Crippen molar-refractivity contribution in [3.8, 4) is 0 Å². The summed E-state index contributed by atoms with van der Waals surface area (Å²) in [6, 6.07) is 1.99. The first-order valence-corrected chi connectivity index (χ1v) is 7.00. The zero-order valence-electron chi connectivity index (χ0n) is 11.5. The predicted molar refractivity (Wildman–Crippen MR) is 76.6 cm³/mol. The Morgan fingerprint density at radius 3 is 2.89 bits per heavy atom. The minimum atomic E-state index is 0.439. The van der Waals surface area contributed by atoms with Gasteiger partial charge in [-0.3, -0.25) is 0 Å². The third-order valence-electron chi connectivity index (χ3n) is 2.70. The average molecular weight is 278 g/mol. The molecule has 0 spiro atoms. The minimum Gasteiger partial charge on any atom is -0.377 e. The summed E-state index contributed by atoms with van der Waals surface area (Å²) in [5.41, 5.74) is 0.957. The Balaban J connectivity index is 2.03. The van der Waals surface area contributed by atoms with Gasteiger partial charge < -0.3 is 9.64 Å². The van der Waals surface area contributed by atoms with E-state index in [0.29, 0.717) is 6.61 Å². The second kappa shape index (κ2) is 6.58. The van der Waals surface area contributed by atoms with Crippen molar-refractivity contribution in [3.05, 3.63) is 34.2 Å². The van der Waals surface area contributed by atoms with Crippen LogP contribution in [0.5, 0.6) is 0 Å². The molecule has 2 aromatic rings. The molecule has 0 unspecified atom stereocenters. The van der Waals surface area contributed by atoms with Gasteiger partial charge in [-0.2, -0.15) is 0 Å². The molecule has 102 valence electrons. The summed E-state index contributed by atoms with van der Waals surface area (Å²) in [5, 5.41) is 3.15. The number of anilines is 1. The van der Waals surface area contributed by atoms with Crippen LogP contribution in [0.15, 0.2) is 17.6 Å². The van der Waals surface area contributed by atoms with Gasteiger partial charge >= 0.3 is 0 Å². The Hall–Kier alpha value is -1.53. The molecule has 0 N–H and O–H groups in total. The molecule has 0 aliphatic heterocycles. The van der Waals surface area contributed by atoms with E-state index < -0.39 is 0 Å². The number of methoxy groups -OCH3 is 1. The van der Waals surface area contributed by atoms with Gasteiger partial charge in [0.15, 0.2) is 5.82 Å². The van der Waals surface area contributed by atoms with Crippen molar-refractivity contribution in [3.63, 3.8) is 0 Å². The molecule has 0 aromatic carbocycles. The standard InChI is InChI=1S/C13H18N4OS/c1-10-8-12(16-11(15-10)9-18-3)17(2)6-4-13-14-5-7-19-13/h5,7-8H,4,6,9H2,1-3H3. The third-order valence-corrected chi connectivity index (χ3v) is 3.54. The van der Waals surface area contributed by atoms with E-state index in [4.69, 9.17) is 4.74 Å². The lowest BCUT2D eigenvalue weighted by molar-refractivity contribution is 0.177. The van der Waals surface area contributed by atoms with Crippen LogP contribution < -0.4 is 4.90 Å². The van der Waals surface area contributed by atoms with E-state index in [0.717, 1.165) is 35.3 Å². The maximum Gasteiger partial charge on any atom is 0.156 e. The number of ether oxygens (including phenoxy) is 1. The summed E-state index contributed by atoms with van der Waals surface area (Å²) in [5.74, 6) is 1.65. The van der Waals surface area contributed by atoms with Crippen LogP contribution in [-0.2, 0) is 17.8 Å². The summed E-state index contributed by atoms with van der Waals surface area (Å²) in [6.07, 6.45) is 2.77. The molecule has 2 heterocycles. The smallest absolute Gasteiger partial charge is 0.156 e. The molecule has 0 saturated heterocycles. The highest BCUT2D eigenvalue weighted by atomic mass is 32.1. The number of aromatic nitrogens is 3. The summed E-state index contributed by atoms with van der Waals surface area (Å²) in [7, 11) is 3.68. The molecule has 0 atom stereocenters. The van der Waals surface area contributed by atoms with Crippen molar-refractivity contribution in [1.29, 1.82) is 0 Å². The van der Waals surface area contributed by atoms with E-state index >= 15 is 0 Å². The van der Waals surface area contributed by atoms with Crippen molar-refractivity contribution < 1.29 is 4.74 Å². The lowest BCUT2D eigenvalue weighted by Crippen LogP contribution is -2.22. The molecule has 0 fully saturated rings. The Kier molecular flexibility index (Phi) is 4.81. The number of hydrogen-bond acceptors (Lipinski definition) is 6. The van der Waals surface area contributed by atoms with E-state index in [1.807, 2.05) is 31.6 Å². The van der Waals surface area contributed by atoms with Crippen LogP contribution in [0, 0.1) is 6.92 Å². The van der Waals surface area contributed by atoms with Crippen LogP contribution in [0.1, 0.15) is 16.5 Å². The maximum absolute atomic E-state index is 5.08. The monoisotopic (exact) mass is 278 g/mol. The first-order chi connectivity index (χ1) is 9.19. The van der Waals surface area contributed by atoms with Gasteiger partial charge in [-0.15, -0.1) is 11.3 Å². The number of thiazole rings is 1.